The number of fused-ring (bicyclic) bond motifs is 3. The van der Waals surface area contributed by atoms with Gasteiger partial charge in [0.05, 0.1) is 40.3 Å². The highest BCUT2D eigenvalue weighted by Crippen LogP contribution is 2.56. The summed E-state index contributed by atoms with van der Waals surface area (Å²) in [7, 11) is -4.59. The number of piperidine rings is 1. The summed E-state index contributed by atoms with van der Waals surface area (Å²) >= 11 is 0. The van der Waals surface area contributed by atoms with Gasteiger partial charge in [-0.05, 0) is 122 Å². The van der Waals surface area contributed by atoms with Crippen LogP contribution in [-0.4, -0.2) is 105 Å². The van der Waals surface area contributed by atoms with Crippen LogP contribution in [-0.2, 0) is 19.5 Å². The fourth-order valence-electron chi connectivity index (χ4n) is 12.0. The molecule has 11 rings (SSSR count). The van der Waals surface area contributed by atoms with Crippen molar-refractivity contribution in [2.75, 3.05) is 67.7 Å². The number of aromatic nitrogens is 2. The monoisotopic (exact) mass is 944 g/mol. The number of nitrogens with one attached hydrogen (secondary N) is 3. The van der Waals surface area contributed by atoms with Gasteiger partial charge < -0.3 is 34.3 Å². The Morgan fingerprint density at radius 2 is 1.75 bits per heavy atom. The van der Waals surface area contributed by atoms with E-state index >= 15 is 0 Å². The number of ether oxygens (including phenoxy) is 3. The van der Waals surface area contributed by atoms with Crippen molar-refractivity contribution in [1.82, 2.24) is 19.6 Å². The first kappa shape index (κ1) is 44.7. The molecule has 2 aromatic heterocycles. The van der Waals surface area contributed by atoms with Crippen LogP contribution in [0.25, 0.3) is 11.0 Å². The Hall–Kier alpha value is -5.75. The van der Waals surface area contributed by atoms with Gasteiger partial charge in [-0.15, -0.1) is 0 Å². The maximum absolute atomic E-state index is 14.6. The first-order chi connectivity index (χ1) is 32.7. The predicted octanol–water partition coefficient (Wildman–Crippen LogP) is 8.26. The number of anilines is 4. The zero-order valence-corrected chi connectivity index (χ0v) is 39.7. The Morgan fingerprint density at radius 1 is 0.956 bits per heavy atom. The van der Waals surface area contributed by atoms with Crippen LogP contribution < -0.4 is 24.6 Å². The third-order valence-electron chi connectivity index (χ3n) is 15.7. The Bertz CT molecular complexity index is 2870. The molecule has 6 aliphatic rings. The van der Waals surface area contributed by atoms with Crippen molar-refractivity contribution >= 4 is 55.4 Å². The standard InChI is InChI=1S/C51H60N8O8S/c1-32-6-4-5-7-38(32)44-27-50(2,3)31-57(44)36-25-51(26-36)15-18-56(19-16-51)35-8-10-39(41(23-35)58-43-22-34-12-17-52-47(34)54-49(43)67-46-30-66-29-45(46)58)48(60)55-68(63,64)37-9-11-40(42(24-37)59(61)62)53-28-33-13-20-65-21-14-33/h4-12,17,22-24,33,36,44-46,53H,13-16,18-21,25-31H2,1-3H3,(H,52,54)(H,55,60)/t44-,45+,46+/m0/s1. The van der Waals surface area contributed by atoms with Crippen LogP contribution in [0.4, 0.5) is 28.4 Å². The average Bonchev–Trinajstić information content (AvgIpc) is 4.07. The van der Waals surface area contributed by atoms with E-state index in [0.29, 0.717) is 68.0 Å². The normalized spacial score (nSPS) is 23.8. The summed E-state index contributed by atoms with van der Waals surface area (Å²) in [6.07, 6.45) is 8.69. The lowest BCUT2D eigenvalue weighted by Crippen LogP contribution is -2.55. The Kier molecular flexibility index (Phi) is 11.4. The van der Waals surface area contributed by atoms with Gasteiger partial charge in [0, 0.05) is 74.8 Å². The molecule has 1 spiro atoms. The van der Waals surface area contributed by atoms with Gasteiger partial charge in [-0.3, -0.25) is 19.8 Å². The first-order valence-corrected chi connectivity index (χ1v) is 25.6. The third-order valence-corrected chi connectivity index (χ3v) is 17.1. The summed E-state index contributed by atoms with van der Waals surface area (Å²) < 4.78 is 48.3. The SMILES string of the molecule is Cc1ccccc1[C@@H]1CC(C)(C)CN1C1CC2(CCN(c3ccc(C(=O)NS(=O)(=O)c4ccc(NCC5CCOCC5)c([N+](=O)[O-])c4)c(N4c5cc6cc[nH]c6nc5O[C@@H]5COC[C@H]54)c3)CC2)C1. The van der Waals surface area contributed by atoms with Crippen LogP contribution in [0.3, 0.4) is 0 Å². The summed E-state index contributed by atoms with van der Waals surface area (Å²) in [5.41, 5.74) is 5.96. The Balaban J connectivity index is 0.871. The zero-order chi connectivity index (χ0) is 47.0. The number of hydrogen-bond acceptors (Lipinski definition) is 13. The van der Waals surface area contributed by atoms with E-state index in [-0.39, 0.29) is 34.0 Å². The molecule has 3 aromatic carbocycles. The number of pyridine rings is 1. The molecule has 17 heteroatoms. The molecule has 358 valence electrons. The summed E-state index contributed by atoms with van der Waals surface area (Å²) in [4.78, 5) is 41.0. The van der Waals surface area contributed by atoms with Crippen LogP contribution >= 0.6 is 0 Å². The second-order valence-corrected chi connectivity index (χ2v) is 22.5. The van der Waals surface area contributed by atoms with Gasteiger partial charge in [0.2, 0.25) is 5.88 Å². The summed E-state index contributed by atoms with van der Waals surface area (Å²) in [5.74, 6) is -0.226. The second-order valence-electron chi connectivity index (χ2n) is 20.8. The zero-order valence-electron chi connectivity index (χ0n) is 38.9. The Morgan fingerprint density at radius 3 is 2.53 bits per heavy atom. The number of carbonyl (C=O) groups is 1. The van der Waals surface area contributed by atoms with Gasteiger partial charge in [-0.1, -0.05) is 38.1 Å². The minimum atomic E-state index is -4.59. The summed E-state index contributed by atoms with van der Waals surface area (Å²) in [6, 6.07) is 22.6. The topological polar surface area (TPSA) is 184 Å². The smallest absolute Gasteiger partial charge is 0.293 e. The second kappa shape index (κ2) is 17.3. The molecule has 5 fully saturated rings. The highest BCUT2D eigenvalue weighted by molar-refractivity contribution is 7.90. The van der Waals surface area contributed by atoms with Crippen molar-refractivity contribution in [3.05, 3.63) is 106 Å². The fraction of sp³-hybridized carbons (Fsp3) is 0.490. The number of nitro groups is 1. The van der Waals surface area contributed by atoms with Crippen molar-refractivity contribution in [1.29, 1.82) is 0 Å². The van der Waals surface area contributed by atoms with E-state index in [4.69, 9.17) is 19.2 Å². The maximum atomic E-state index is 14.6. The van der Waals surface area contributed by atoms with Crippen LogP contribution in [0, 0.1) is 33.8 Å². The summed E-state index contributed by atoms with van der Waals surface area (Å²) in [6.45, 7) is 12.2. The number of aryl methyl sites for hydroxylation is 1. The molecule has 1 saturated carbocycles. The molecule has 0 unspecified atom stereocenters. The molecular formula is C51H60N8O8S. The predicted molar refractivity (Wildman–Crippen MR) is 259 cm³/mol. The van der Waals surface area contributed by atoms with Crippen molar-refractivity contribution in [3.63, 3.8) is 0 Å². The highest BCUT2D eigenvalue weighted by Gasteiger charge is 2.52. The number of likely N-dealkylation sites (tertiary alicyclic amines) is 1. The number of rotatable bonds is 11. The molecule has 0 bridgehead atoms. The molecule has 4 saturated heterocycles. The lowest BCUT2D eigenvalue weighted by molar-refractivity contribution is -0.384. The van der Waals surface area contributed by atoms with Crippen LogP contribution in [0.1, 0.15) is 86.3 Å². The minimum absolute atomic E-state index is 0.112. The van der Waals surface area contributed by atoms with Gasteiger partial charge in [0.1, 0.15) is 23.1 Å². The highest BCUT2D eigenvalue weighted by atomic mass is 32.2. The molecule has 3 atom stereocenters. The maximum Gasteiger partial charge on any atom is 0.293 e. The summed E-state index contributed by atoms with van der Waals surface area (Å²) in [5, 5.41) is 16.3. The van der Waals surface area contributed by atoms with Gasteiger partial charge in [-0.25, -0.2) is 13.1 Å². The van der Waals surface area contributed by atoms with Crippen LogP contribution in [0.15, 0.2) is 83.9 Å². The van der Waals surface area contributed by atoms with Crippen molar-refractivity contribution in [3.8, 4) is 5.88 Å². The molecule has 5 aromatic rings. The van der Waals surface area contributed by atoms with Gasteiger partial charge in [-0.2, -0.15) is 4.98 Å². The van der Waals surface area contributed by atoms with E-state index in [0.717, 1.165) is 68.9 Å². The number of sulfonamides is 1. The number of benzene rings is 3. The molecule has 1 amide bonds. The van der Waals surface area contributed by atoms with E-state index < -0.39 is 37.5 Å². The quantitative estimate of drug-likeness (QED) is 0.0851. The lowest BCUT2D eigenvalue weighted by atomic mass is 9.59. The number of nitro benzene ring substituents is 1. The van der Waals surface area contributed by atoms with E-state index in [2.05, 4.69) is 69.9 Å². The first-order valence-electron chi connectivity index (χ1n) is 24.1. The van der Waals surface area contributed by atoms with Crippen LogP contribution in [0.2, 0.25) is 0 Å². The molecular weight excluding hydrogens is 885 g/mol. The van der Waals surface area contributed by atoms with Crippen molar-refractivity contribution in [2.24, 2.45) is 16.7 Å². The van der Waals surface area contributed by atoms with Crippen LogP contribution in [0.5, 0.6) is 5.88 Å². The van der Waals surface area contributed by atoms with E-state index in [1.165, 1.54) is 36.1 Å². The van der Waals surface area contributed by atoms with Crippen molar-refractivity contribution < 1.29 is 32.3 Å². The molecule has 68 heavy (non-hydrogen) atoms. The van der Waals surface area contributed by atoms with E-state index in [1.807, 2.05) is 35.4 Å². The molecule has 0 radical (unpaired) electrons. The van der Waals surface area contributed by atoms with Gasteiger partial charge in [0.15, 0.2) is 0 Å². The van der Waals surface area contributed by atoms with E-state index in [9.17, 15) is 23.3 Å². The number of amides is 1. The third kappa shape index (κ3) is 8.34. The Labute approximate surface area is 396 Å². The van der Waals surface area contributed by atoms with Gasteiger partial charge in [0.25, 0.3) is 21.6 Å². The fourth-order valence-corrected chi connectivity index (χ4v) is 13.0. The molecule has 3 N–H and O–H groups in total. The van der Waals surface area contributed by atoms with Gasteiger partial charge >= 0.3 is 0 Å². The molecule has 5 aliphatic heterocycles. The number of carbonyl (C=O) groups excluding carboxylic acids is 1. The molecule has 1 aliphatic carbocycles. The molecule has 7 heterocycles. The van der Waals surface area contributed by atoms with Crippen molar-refractivity contribution in [2.45, 2.75) is 94.8 Å². The largest absolute Gasteiger partial charge is 0.468 e. The molecule has 16 nitrogen and oxygen atoms in total. The number of H-pyrrole nitrogens is 1. The number of nitrogens with zero attached hydrogens (tertiary/aromatic N) is 5. The van der Waals surface area contributed by atoms with E-state index in [1.54, 1.807) is 6.07 Å². The minimum Gasteiger partial charge on any atom is -0.468 e. The average molecular weight is 945 g/mol. The number of hydrogen-bond donors (Lipinski definition) is 3. The number of aromatic amines is 1. The lowest BCUT2D eigenvalue weighted by Gasteiger charge is -2.56.